The van der Waals surface area contributed by atoms with Gasteiger partial charge in [0, 0.05) is 0 Å². The van der Waals surface area contributed by atoms with Crippen molar-refractivity contribution in [1.82, 2.24) is 4.72 Å². The summed E-state index contributed by atoms with van der Waals surface area (Å²) in [6.45, 7) is 2.30. The van der Waals surface area contributed by atoms with Gasteiger partial charge < -0.3 is 9.84 Å². The smallest absolute Gasteiger partial charge is 0.322 e. The van der Waals surface area contributed by atoms with Crippen molar-refractivity contribution < 1.29 is 23.1 Å². The molecule has 24 heavy (non-hydrogen) atoms. The van der Waals surface area contributed by atoms with Gasteiger partial charge in [-0.05, 0) is 43.2 Å². The van der Waals surface area contributed by atoms with Crippen LogP contribution >= 0.6 is 0 Å². The third-order valence-electron chi connectivity index (χ3n) is 3.32. The van der Waals surface area contributed by atoms with Crippen LogP contribution in [0.2, 0.25) is 0 Å². The van der Waals surface area contributed by atoms with Gasteiger partial charge in [-0.2, -0.15) is 4.72 Å². The maximum Gasteiger partial charge on any atom is 0.322 e. The number of benzene rings is 2. The van der Waals surface area contributed by atoms with Crippen LogP contribution in [0.25, 0.3) is 0 Å². The number of hydrogen-bond donors (Lipinski definition) is 2. The Bertz CT molecular complexity index is 772. The van der Waals surface area contributed by atoms with Crippen LogP contribution in [0, 0.1) is 0 Å². The Kier molecular flexibility index (Phi) is 5.94. The van der Waals surface area contributed by atoms with Crippen LogP contribution in [-0.4, -0.2) is 32.1 Å². The second-order valence-corrected chi connectivity index (χ2v) is 6.82. The van der Waals surface area contributed by atoms with Crippen LogP contribution in [0.15, 0.2) is 59.5 Å². The zero-order valence-corrected chi connectivity index (χ0v) is 14.0. The largest absolute Gasteiger partial charge is 0.494 e. The first-order chi connectivity index (χ1) is 11.4. The molecule has 2 aromatic carbocycles. The second kappa shape index (κ2) is 7.94. The Morgan fingerprint density at radius 3 is 2.29 bits per heavy atom. The molecule has 0 saturated heterocycles. The number of hydrogen-bond acceptors (Lipinski definition) is 4. The minimum atomic E-state index is -3.94. The fourth-order valence-corrected chi connectivity index (χ4v) is 3.36. The number of carbonyl (C=O) groups is 1. The predicted molar refractivity (Wildman–Crippen MR) is 89.5 cm³/mol. The molecule has 0 aliphatic rings. The zero-order valence-electron chi connectivity index (χ0n) is 13.2. The Balaban J connectivity index is 2.16. The number of aliphatic carboxylic acids is 1. The van der Waals surface area contributed by atoms with Crippen molar-refractivity contribution in [1.29, 1.82) is 0 Å². The standard InChI is InChI=1S/C17H19NO5S/c1-2-23-14-8-10-15(11-9-14)24(21,22)18-16(17(19)20)12-13-6-4-3-5-7-13/h3-11,16,18H,2,12H2,1H3,(H,19,20). The quantitative estimate of drug-likeness (QED) is 0.761. The Morgan fingerprint density at radius 2 is 1.75 bits per heavy atom. The molecule has 0 aliphatic carbocycles. The highest BCUT2D eigenvalue weighted by molar-refractivity contribution is 7.89. The predicted octanol–water partition coefficient (Wildman–Crippen LogP) is 2.06. The van der Waals surface area contributed by atoms with E-state index in [1.807, 2.05) is 13.0 Å². The summed E-state index contributed by atoms with van der Waals surface area (Å²) in [6.07, 6.45) is 0.0619. The lowest BCUT2D eigenvalue weighted by atomic mass is 10.1. The Morgan fingerprint density at radius 1 is 1.12 bits per heavy atom. The van der Waals surface area contributed by atoms with Gasteiger partial charge in [-0.25, -0.2) is 8.42 Å². The molecule has 1 unspecified atom stereocenters. The minimum Gasteiger partial charge on any atom is -0.494 e. The van der Waals surface area contributed by atoms with Crippen molar-refractivity contribution in [3.8, 4) is 5.75 Å². The van der Waals surface area contributed by atoms with E-state index < -0.39 is 22.0 Å². The molecular formula is C17H19NO5S. The first kappa shape index (κ1) is 18.0. The van der Waals surface area contributed by atoms with Crippen LogP contribution in [0.1, 0.15) is 12.5 Å². The van der Waals surface area contributed by atoms with Gasteiger partial charge in [-0.3, -0.25) is 4.79 Å². The Hall–Kier alpha value is -2.38. The molecule has 6 nitrogen and oxygen atoms in total. The molecule has 1 atom stereocenters. The van der Waals surface area contributed by atoms with Crippen LogP contribution < -0.4 is 9.46 Å². The number of carboxylic acid groups (broad SMARTS) is 1. The molecule has 2 rings (SSSR count). The van der Waals surface area contributed by atoms with Crippen LogP contribution in [0.4, 0.5) is 0 Å². The van der Waals surface area contributed by atoms with Gasteiger partial charge in [0.2, 0.25) is 10.0 Å². The molecule has 0 aromatic heterocycles. The van der Waals surface area contributed by atoms with E-state index in [4.69, 9.17) is 4.74 Å². The van der Waals surface area contributed by atoms with Crippen molar-refractivity contribution in [2.24, 2.45) is 0 Å². The van der Waals surface area contributed by atoms with E-state index in [2.05, 4.69) is 4.72 Å². The number of rotatable bonds is 8. The fourth-order valence-electron chi connectivity index (χ4n) is 2.17. The van der Waals surface area contributed by atoms with Gasteiger partial charge >= 0.3 is 5.97 Å². The number of carboxylic acids is 1. The van der Waals surface area contributed by atoms with Crippen molar-refractivity contribution in [2.45, 2.75) is 24.3 Å². The number of sulfonamides is 1. The second-order valence-electron chi connectivity index (χ2n) is 5.11. The molecular weight excluding hydrogens is 330 g/mol. The molecule has 0 bridgehead atoms. The summed E-state index contributed by atoms with van der Waals surface area (Å²) in [6, 6.07) is 13.4. The topological polar surface area (TPSA) is 92.7 Å². The fraction of sp³-hybridized carbons (Fsp3) is 0.235. The molecule has 0 radical (unpaired) electrons. The van der Waals surface area contributed by atoms with Crippen molar-refractivity contribution >= 4 is 16.0 Å². The van der Waals surface area contributed by atoms with Gasteiger partial charge in [0.15, 0.2) is 0 Å². The molecule has 0 amide bonds. The highest BCUT2D eigenvalue weighted by Crippen LogP contribution is 2.16. The normalized spacial score (nSPS) is 12.5. The lowest BCUT2D eigenvalue weighted by molar-refractivity contribution is -0.138. The maximum absolute atomic E-state index is 12.4. The summed E-state index contributed by atoms with van der Waals surface area (Å²) in [5.74, 6) is -0.677. The Labute approximate surface area is 141 Å². The van der Waals surface area contributed by atoms with Gasteiger partial charge in [0.25, 0.3) is 0 Å². The van der Waals surface area contributed by atoms with Crippen molar-refractivity contribution in [2.75, 3.05) is 6.61 Å². The summed E-state index contributed by atoms with van der Waals surface area (Å²) in [5, 5.41) is 9.31. The lowest BCUT2D eigenvalue weighted by Gasteiger charge is -2.15. The summed E-state index contributed by atoms with van der Waals surface area (Å²) in [7, 11) is -3.94. The zero-order chi connectivity index (χ0) is 17.6. The van der Waals surface area contributed by atoms with Crippen LogP contribution in [-0.2, 0) is 21.2 Å². The van der Waals surface area contributed by atoms with E-state index in [1.165, 1.54) is 24.3 Å². The molecule has 7 heteroatoms. The van der Waals surface area contributed by atoms with Gasteiger partial charge in [-0.1, -0.05) is 30.3 Å². The molecule has 2 N–H and O–H groups in total. The summed E-state index contributed by atoms with van der Waals surface area (Å²) in [5.41, 5.74) is 0.735. The summed E-state index contributed by atoms with van der Waals surface area (Å²) < 4.78 is 32.3. The third-order valence-corrected chi connectivity index (χ3v) is 4.81. The van der Waals surface area contributed by atoms with Gasteiger partial charge in [0.05, 0.1) is 11.5 Å². The van der Waals surface area contributed by atoms with Gasteiger partial charge in [-0.15, -0.1) is 0 Å². The summed E-state index contributed by atoms with van der Waals surface area (Å²) in [4.78, 5) is 11.4. The first-order valence-electron chi connectivity index (χ1n) is 7.44. The average molecular weight is 349 g/mol. The SMILES string of the molecule is CCOc1ccc(S(=O)(=O)NC(Cc2ccccc2)C(=O)O)cc1. The summed E-state index contributed by atoms with van der Waals surface area (Å²) >= 11 is 0. The minimum absolute atomic E-state index is 0.00901. The molecule has 0 fully saturated rings. The van der Waals surface area contributed by atoms with Crippen LogP contribution in [0.5, 0.6) is 5.75 Å². The number of nitrogens with one attached hydrogen (secondary N) is 1. The number of ether oxygens (including phenoxy) is 1. The van der Waals surface area contributed by atoms with E-state index in [0.717, 1.165) is 5.56 Å². The van der Waals surface area contributed by atoms with E-state index in [0.29, 0.717) is 12.4 Å². The molecule has 0 heterocycles. The molecule has 0 aliphatic heterocycles. The lowest BCUT2D eigenvalue weighted by Crippen LogP contribution is -2.42. The third kappa shape index (κ3) is 4.81. The van der Waals surface area contributed by atoms with Gasteiger partial charge in [0.1, 0.15) is 11.8 Å². The van der Waals surface area contributed by atoms with E-state index in [1.54, 1.807) is 24.3 Å². The van der Waals surface area contributed by atoms with Crippen LogP contribution in [0.3, 0.4) is 0 Å². The molecule has 0 spiro atoms. The van der Waals surface area contributed by atoms with E-state index in [9.17, 15) is 18.3 Å². The average Bonchev–Trinajstić information content (AvgIpc) is 2.56. The molecule has 0 saturated carbocycles. The van der Waals surface area contributed by atoms with E-state index >= 15 is 0 Å². The monoisotopic (exact) mass is 349 g/mol. The van der Waals surface area contributed by atoms with Crippen molar-refractivity contribution in [3.63, 3.8) is 0 Å². The van der Waals surface area contributed by atoms with Crippen molar-refractivity contribution in [3.05, 3.63) is 60.2 Å². The molecule has 2 aromatic rings. The first-order valence-corrected chi connectivity index (χ1v) is 8.92. The highest BCUT2D eigenvalue weighted by Gasteiger charge is 2.25. The van der Waals surface area contributed by atoms with E-state index in [-0.39, 0.29) is 11.3 Å². The highest BCUT2D eigenvalue weighted by atomic mass is 32.2. The maximum atomic E-state index is 12.4. The molecule has 128 valence electrons.